The van der Waals surface area contributed by atoms with E-state index in [4.69, 9.17) is 9.47 Å². The Morgan fingerprint density at radius 3 is 2.35 bits per heavy atom. The zero-order chi connectivity index (χ0) is 22.3. The second-order valence-corrected chi connectivity index (χ2v) is 7.80. The molecule has 0 aliphatic heterocycles. The molecule has 0 saturated heterocycles. The van der Waals surface area contributed by atoms with E-state index >= 15 is 0 Å². The average molecular weight is 422 g/mol. The summed E-state index contributed by atoms with van der Waals surface area (Å²) in [6, 6.07) is 15.7. The van der Waals surface area contributed by atoms with Crippen LogP contribution in [-0.2, 0) is 9.53 Å². The van der Waals surface area contributed by atoms with Crippen molar-refractivity contribution in [2.75, 3.05) is 13.2 Å². The summed E-state index contributed by atoms with van der Waals surface area (Å²) in [5.74, 6) is 0.969. The highest BCUT2D eigenvalue weighted by atomic mass is 16.5. The maximum Gasteiger partial charge on any atom is 0.330 e. The second kappa shape index (κ2) is 14.2. The number of benzene rings is 2. The molecule has 4 nitrogen and oxygen atoms in total. The first kappa shape index (κ1) is 24.4. The molecule has 0 heterocycles. The molecule has 2 rings (SSSR count). The molecule has 31 heavy (non-hydrogen) atoms. The molecule has 0 aliphatic carbocycles. The van der Waals surface area contributed by atoms with Crippen LogP contribution in [0.4, 0.5) is 5.69 Å². The molecular weight excluding hydrogens is 386 g/mol. The first-order valence-electron chi connectivity index (χ1n) is 11.3. The molecule has 1 unspecified atom stereocenters. The summed E-state index contributed by atoms with van der Waals surface area (Å²) in [4.78, 5) is 16.3. The van der Waals surface area contributed by atoms with E-state index < -0.39 is 0 Å². The van der Waals surface area contributed by atoms with Crippen molar-refractivity contribution in [1.29, 1.82) is 0 Å². The van der Waals surface area contributed by atoms with Gasteiger partial charge in [-0.3, -0.25) is 4.99 Å². The highest BCUT2D eigenvalue weighted by molar-refractivity contribution is 5.87. The predicted molar refractivity (Wildman–Crippen MR) is 129 cm³/mol. The highest BCUT2D eigenvalue weighted by Gasteiger charge is 2.02. The molecule has 0 fully saturated rings. The average Bonchev–Trinajstić information content (AvgIpc) is 2.81. The molecule has 1 atom stereocenters. The SMILES string of the molecule is CCCCCCOc1ccc(C=Nc2ccc(C=CC(=O)OCC(C)CC)cc2)cc1. The number of carbonyl (C=O) groups is 1. The fourth-order valence-corrected chi connectivity index (χ4v) is 2.74. The van der Waals surface area contributed by atoms with Gasteiger partial charge in [-0.1, -0.05) is 58.6 Å². The molecule has 4 heteroatoms. The molecule has 2 aromatic carbocycles. The van der Waals surface area contributed by atoms with Crippen molar-refractivity contribution < 1.29 is 14.3 Å². The van der Waals surface area contributed by atoms with Gasteiger partial charge in [0.25, 0.3) is 0 Å². The second-order valence-electron chi connectivity index (χ2n) is 7.80. The van der Waals surface area contributed by atoms with Crippen LogP contribution in [0.1, 0.15) is 64.0 Å². The number of nitrogens with zero attached hydrogens (tertiary/aromatic N) is 1. The molecule has 0 spiro atoms. The van der Waals surface area contributed by atoms with Crippen molar-refractivity contribution in [2.24, 2.45) is 10.9 Å². The molecule has 0 bridgehead atoms. The Morgan fingerprint density at radius 2 is 1.68 bits per heavy atom. The van der Waals surface area contributed by atoms with Gasteiger partial charge in [0.15, 0.2) is 0 Å². The van der Waals surface area contributed by atoms with Crippen LogP contribution in [0.2, 0.25) is 0 Å². The summed E-state index contributed by atoms with van der Waals surface area (Å²) in [5.41, 5.74) is 2.80. The van der Waals surface area contributed by atoms with Crippen molar-refractivity contribution in [1.82, 2.24) is 0 Å². The maximum atomic E-state index is 11.7. The zero-order valence-corrected chi connectivity index (χ0v) is 19.0. The van der Waals surface area contributed by atoms with Gasteiger partial charge in [0, 0.05) is 12.3 Å². The van der Waals surface area contributed by atoms with Gasteiger partial charge in [0.2, 0.25) is 0 Å². The Morgan fingerprint density at radius 1 is 0.968 bits per heavy atom. The minimum absolute atomic E-state index is 0.309. The van der Waals surface area contributed by atoms with Crippen molar-refractivity contribution in [3.8, 4) is 5.75 Å². The first-order valence-corrected chi connectivity index (χ1v) is 11.3. The number of unbranched alkanes of at least 4 members (excludes halogenated alkanes) is 3. The van der Waals surface area contributed by atoms with E-state index in [1.54, 1.807) is 6.08 Å². The summed E-state index contributed by atoms with van der Waals surface area (Å²) in [6.45, 7) is 7.58. The fraction of sp³-hybridized carbons (Fsp3) is 0.407. The van der Waals surface area contributed by atoms with Crippen molar-refractivity contribution >= 4 is 23.9 Å². The molecule has 0 N–H and O–H groups in total. The standard InChI is InChI=1S/C27H35NO3/c1-4-6-7-8-19-30-26-16-11-24(12-17-26)20-28-25-14-9-23(10-15-25)13-18-27(29)31-21-22(3)5-2/h9-18,20,22H,4-8,19,21H2,1-3H3. The van der Waals surface area contributed by atoms with Gasteiger partial charge in [0.1, 0.15) is 5.75 Å². The van der Waals surface area contributed by atoms with E-state index in [0.29, 0.717) is 12.5 Å². The molecule has 0 aliphatic rings. The van der Waals surface area contributed by atoms with E-state index in [-0.39, 0.29) is 5.97 Å². The van der Waals surface area contributed by atoms with E-state index in [1.807, 2.05) is 54.7 Å². The van der Waals surface area contributed by atoms with Crippen LogP contribution in [0.25, 0.3) is 6.08 Å². The van der Waals surface area contributed by atoms with E-state index in [1.165, 1.54) is 25.3 Å². The predicted octanol–water partition coefficient (Wildman–Crippen LogP) is 7.00. The highest BCUT2D eigenvalue weighted by Crippen LogP contribution is 2.16. The number of esters is 1. The molecule has 2 aromatic rings. The Hall–Kier alpha value is -2.88. The zero-order valence-electron chi connectivity index (χ0n) is 19.0. The van der Waals surface area contributed by atoms with Crippen LogP contribution < -0.4 is 4.74 Å². The summed E-state index contributed by atoms with van der Waals surface area (Å²) in [5, 5.41) is 0. The van der Waals surface area contributed by atoms with Crippen LogP contribution in [0, 0.1) is 5.92 Å². The molecule has 0 aromatic heterocycles. The number of rotatable bonds is 13. The molecular formula is C27H35NO3. The summed E-state index contributed by atoms with van der Waals surface area (Å²) < 4.78 is 11.0. The smallest absolute Gasteiger partial charge is 0.330 e. The van der Waals surface area contributed by atoms with Gasteiger partial charge in [-0.2, -0.15) is 0 Å². The van der Waals surface area contributed by atoms with Gasteiger partial charge in [-0.15, -0.1) is 0 Å². The Balaban J connectivity index is 1.80. The van der Waals surface area contributed by atoms with Crippen LogP contribution in [0.5, 0.6) is 5.75 Å². The Bertz CT molecular complexity index is 823. The summed E-state index contributed by atoms with van der Waals surface area (Å²) >= 11 is 0. The lowest BCUT2D eigenvalue weighted by molar-refractivity contribution is -0.138. The van der Waals surface area contributed by atoms with Gasteiger partial charge < -0.3 is 9.47 Å². The maximum absolute atomic E-state index is 11.7. The van der Waals surface area contributed by atoms with Gasteiger partial charge in [-0.25, -0.2) is 4.79 Å². The fourth-order valence-electron chi connectivity index (χ4n) is 2.74. The third kappa shape index (κ3) is 10.1. The van der Waals surface area contributed by atoms with E-state index in [0.717, 1.165) is 42.0 Å². The molecule has 0 saturated carbocycles. The quantitative estimate of drug-likeness (QED) is 0.151. The molecule has 0 radical (unpaired) electrons. The lowest BCUT2D eigenvalue weighted by Gasteiger charge is -2.07. The third-order valence-electron chi connectivity index (χ3n) is 5.02. The number of aliphatic imine (C=N–C) groups is 1. The van der Waals surface area contributed by atoms with E-state index in [2.05, 4.69) is 25.8 Å². The van der Waals surface area contributed by atoms with Crippen LogP contribution in [0.15, 0.2) is 59.6 Å². The number of ether oxygens (including phenoxy) is 2. The molecule has 166 valence electrons. The Kier molecular flexibility index (Phi) is 11.2. The topological polar surface area (TPSA) is 47.9 Å². The van der Waals surface area contributed by atoms with Gasteiger partial charge in [0.05, 0.1) is 18.9 Å². The Labute approximate surface area is 187 Å². The van der Waals surface area contributed by atoms with Crippen molar-refractivity contribution in [3.63, 3.8) is 0 Å². The van der Waals surface area contributed by atoms with Crippen LogP contribution >= 0.6 is 0 Å². The third-order valence-corrected chi connectivity index (χ3v) is 5.02. The van der Waals surface area contributed by atoms with Crippen molar-refractivity contribution in [2.45, 2.75) is 52.9 Å². The summed E-state index contributed by atoms with van der Waals surface area (Å²) in [7, 11) is 0. The lowest BCUT2D eigenvalue weighted by Crippen LogP contribution is -2.08. The van der Waals surface area contributed by atoms with Gasteiger partial charge in [-0.05, 0) is 65.9 Å². The number of hydrogen-bond donors (Lipinski definition) is 0. The monoisotopic (exact) mass is 421 g/mol. The van der Waals surface area contributed by atoms with Crippen molar-refractivity contribution in [3.05, 3.63) is 65.7 Å². The minimum atomic E-state index is -0.309. The van der Waals surface area contributed by atoms with E-state index in [9.17, 15) is 4.79 Å². The largest absolute Gasteiger partial charge is 0.494 e. The number of carbonyl (C=O) groups excluding carboxylic acids is 1. The normalized spacial score (nSPS) is 12.4. The minimum Gasteiger partial charge on any atom is -0.494 e. The van der Waals surface area contributed by atoms with Crippen LogP contribution in [-0.4, -0.2) is 25.4 Å². The molecule has 0 amide bonds. The van der Waals surface area contributed by atoms with Gasteiger partial charge >= 0.3 is 5.97 Å². The lowest BCUT2D eigenvalue weighted by atomic mass is 10.1. The number of hydrogen-bond acceptors (Lipinski definition) is 4. The van der Waals surface area contributed by atoms with Crippen LogP contribution in [0.3, 0.4) is 0 Å². The summed E-state index contributed by atoms with van der Waals surface area (Å²) in [6.07, 6.45) is 10.9. The first-order chi connectivity index (χ1) is 15.1.